The van der Waals surface area contributed by atoms with Crippen LogP contribution in [0, 0.1) is 0 Å². The summed E-state index contributed by atoms with van der Waals surface area (Å²) in [4.78, 5) is 14.5. The quantitative estimate of drug-likeness (QED) is 0.744. The minimum atomic E-state index is -1.55. The first-order chi connectivity index (χ1) is 12.4. The average Bonchev–Trinajstić information content (AvgIpc) is 2.64. The standard InChI is InChI=1S/C22H22O3S/c1-15(2)25-21-18(20(23)22(21,3)24)14-19(16-10-6-4-7-11-16)26-17-12-8-5-9-13-17/h4-15,24H,1-3H3/b19-14+. The maximum Gasteiger partial charge on any atom is 0.205 e. The molecule has 3 nitrogen and oxygen atoms in total. The van der Waals surface area contributed by atoms with Crippen molar-refractivity contribution < 1.29 is 14.6 Å². The molecule has 0 saturated heterocycles. The molecule has 0 radical (unpaired) electrons. The van der Waals surface area contributed by atoms with Crippen molar-refractivity contribution in [3.05, 3.63) is 83.6 Å². The summed E-state index contributed by atoms with van der Waals surface area (Å²) < 4.78 is 5.73. The fourth-order valence-electron chi connectivity index (χ4n) is 2.73. The van der Waals surface area contributed by atoms with E-state index in [0.29, 0.717) is 11.3 Å². The predicted octanol–water partition coefficient (Wildman–Crippen LogP) is 4.83. The number of hydrogen-bond acceptors (Lipinski definition) is 4. The van der Waals surface area contributed by atoms with Gasteiger partial charge in [0.25, 0.3) is 0 Å². The number of allylic oxidation sites excluding steroid dienone is 1. The number of ketones is 1. The molecule has 0 spiro atoms. The van der Waals surface area contributed by atoms with E-state index in [0.717, 1.165) is 15.4 Å². The second kappa shape index (κ2) is 7.52. The molecule has 26 heavy (non-hydrogen) atoms. The summed E-state index contributed by atoms with van der Waals surface area (Å²) in [6.07, 6.45) is 1.71. The number of thioether (sulfide) groups is 1. The molecule has 0 heterocycles. The summed E-state index contributed by atoms with van der Waals surface area (Å²) in [6.45, 7) is 5.24. The average molecular weight is 366 g/mol. The SMILES string of the molecule is CC(C)OC1=C(/C=C(/Sc2ccccc2)c2ccccc2)C(=O)C1(C)O. The Morgan fingerprint density at radius 3 is 2.23 bits per heavy atom. The zero-order valence-electron chi connectivity index (χ0n) is 15.1. The molecule has 0 aromatic heterocycles. The van der Waals surface area contributed by atoms with Crippen LogP contribution < -0.4 is 0 Å². The number of ether oxygens (including phenoxy) is 1. The third kappa shape index (κ3) is 3.76. The highest BCUT2D eigenvalue weighted by molar-refractivity contribution is 8.08. The Hall–Kier alpha value is -2.30. The highest BCUT2D eigenvalue weighted by atomic mass is 32.2. The van der Waals surface area contributed by atoms with E-state index in [9.17, 15) is 9.90 Å². The zero-order chi connectivity index (χ0) is 18.7. The van der Waals surface area contributed by atoms with Gasteiger partial charge in [-0.25, -0.2) is 0 Å². The summed E-state index contributed by atoms with van der Waals surface area (Å²) in [5.41, 5.74) is -0.0990. The molecule has 0 aliphatic heterocycles. The van der Waals surface area contributed by atoms with Gasteiger partial charge in [0.15, 0.2) is 5.60 Å². The van der Waals surface area contributed by atoms with E-state index in [2.05, 4.69) is 0 Å². The van der Waals surface area contributed by atoms with Gasteiger partial charge in [-0.05, 0) is 44.5 Å². The van der Waals surface area contributed by atoms with Gasteiger partial charge in [0.05, 0.1) is 11.7 Å². The van der Waals surface area contributed by atoms with Crippen LogP contribution in [0.25, 0.3) is 4.91 Å². The molecular formula is C22H22O3S. The van der Waals surface area contributed by atoms with Gasteiger partial charge in [0, 0.05) is 9.80 Å². The molecule has 0 fully saturated rings. The van der Waals surface area contributed by atoms with Crippen molar-refractivity contribution in [2.45, 2.75) is 37.4 Å². The predicted molar refractivity (Wildman–Crippen MR) is 106 cm³/mol. The molecule has 1 unspecified atom stereocenters. The van der Waals surface area contributed by atoms with Crippen LogP contribution in [0.3, 0.4) is 0 Å². The normalized spacial score (nSPS) is 20.3. The topological polar surface area (TPSA) is 46.5 Å². The fourth-order valence-corrected chi connectivity index (χ4v) is 3.71. The minimum Gasteiger partial charge on any atom is -0.491 e. The first-order valence-electron chi connectivity index (χ1n) is 8.58. The van der Waals surface area contributed by atoms with Crippen LogP contribution >= 0.6 is 11.8 Å². The van der Waals surface area contributed by atoms with Crippen molar-refractivity contribution in [2.24, 2.45) is 0 Å². The summed E-state index contributed by atoms with van der Waals surface area (Å²) in [5, 5.41) is 10.4. The molecule has 134 valence electrons. The lowest BCUT2D eigenvalue weighted by atomic mass is 9.78. The Morgan fingerprint density at radius 1 is 1.08 bits per heavy atom. The number of rotatable bonds is 6. The summed E-state index contributed by atoms with van der Waals surface area (Å²) in [7, 11) is 0. The molecule has 0 bridgehead atoms. The number of carbonyl (C=O) groups excluding carboxylic acids is 1. The molecule has 1 aliphatic carbocycles. The largest absolute Gasteiger partial charge is 0.491 e. The van der Waals surface area contributed by atoms with E-state index in [1.54, 1.807) is 11.8 Å². The van der Waals surface area contributed by atoms with Gasteiger partial charge in [0.1, 0.15) is 5.76 Å². The van der Waals surface area contributed by atoms with Gasteiger partial charge in [-0.15, -0.1) is 0 Å². The van der Waals surface area contributed by atoms with Crippen LogP contribution in [0.5, 0.6) is 0 Å². The van der Waals surface area contributed by atoms with Crippen molar-refractivity contribution in [3.8, 4) is 0 Å². The second-order valence-corrected chi connectivity index (χ2v) is 7.72. The van der Waals surface area contributed by atoms with Crippen LogP contribution in [0.15, 0.2) is 83.0 Å². The van der Waals surface area contributed by atoms with Gasteiger partial charge >= 0.3 is 0 Å². The molecule has 2 aromatic rings. The minimum absolute atomic E-state index is 0.116. The highest BCUT2D eigenvalue weighted by Crippen LogP contribution is 2.42. The van der Waals surface area contributed by atoms with Crippen molar-refractivity contribution in [2.75, 3.05) is 0 Å². The molecule has 0 saturated carbocycles. The molecule has 1 aliphatic rings. The molecule has 4 heteroatoms. The monoisotopic (exact) mass is 366 g/mol. The van der Waals surface area contributed by atoms with Gasteiger partial charge in [-0.1, -0.05) is 60.3 Å². The number of aliphatic hydroxyl groups is 1. The first-order valence-corrected chi connectivity index (χ1v) is 9.40. The van der Waals surface area contributed by atoms with Crippen LogP contribution in [-0.4, -0.2) is 22.6 Å². The number of benzene rings is 2. The summed E-state index contributed by atoms with van der Waals surface area (Å²) in [5.74, 6) is 0.0369. The lowest BCUT2D eigenvalue weighted by Gasteiger charge is -2.36. The van der Waals surface area contributed by atoms with Crippen molar-refractivity contribution >= 4 is 22.5 Å². The van der Waals surface area contributed by atoms with Crippen LogP contribution in [0.4, 0.5) is 0 Å². The maximum atomic E-state index is 12.5. The first kappa shape index (κ1) is 18.5. The van der Waals surface area contributed by atoms with E-state index in [4.69, 9.17) is 4.74 Å². The van der Waals surface area contributed by atoms with Crippen LogP contribution in [0.1, 0.15) is 26.3 Å². The Balaban J connectivity index is 2.05. The molecular weight excluding hydrogens is 344 g/mol. The Labute approximate surface area is 158 Å². The van der Waals surface area contributed by atoms with Gasteiger partial charge in [-0.3, -0.25) is 4.79 Å². The highest BCUT2D eigenvalue weighted by Gasteiger charge is 2.50. The van der Waals surface area contributed by atoms with Crippen LogP contribution in [-0.2, 0) is 9.53 Å². The molecule has 2 aromatic carbocycles. The molecule has 0 amide bonds. The lowest BCUT2D eigenvalue weighted by molar-refractivity contribution is -0.138. The Morgan fingerprint density at radius 2 is 1.65 bits per heavy atom. The van der Waals surface area contributed by atoms with Crippen molar-refractivity contribution in [3.63, 3.8) is 0 Å². The summed E-state index contributed by atoms with van der Waals surface area (Å²) >= 11 is 1.58. The second-order valence-electron chi connectivity index (χ2n) is 6.60. The van der Waals surface area contributed by atoms with E-state index in [-0.39, 0.29) is 11.9 Å². The summed E-state index contributed by atoms with van der Waals surface area (Å²) in [6, 6.07) is 19.9. The van der Waals surface area contributed by atoms with E-state index < -0.39 is 5.60 Å². The van der Waals surface area contributed by atoms with E-state index in [1.807, 2.05) is 80.6 Å². The van der Waals surface area contributed by atoms with Gasteiger partial charge in [-0.2, -0.15) is 0 Å². The number of carbonyl (C=O) groups is 1. The van der Waals surface area contributed by atoms with Crippen molar-refractivity contribution in [1.82, 2.24) is 0 Å². The zero-order valence-corrected chi connectivity index (χ0v) is 15.9. The number of hydrogen-bond donors (Lipinski definition) is 1. The third-order valence-corrected chi connectivity index (χ3v) is 5.11. The van der Waals surface area contributed by atoms with Gasteiger partial charge in [0.2, 0.25) is 5.78 Å². The molecule has 1 N–H and O–H groups in total. The fraction of sp³-hybridized carbons (Fsp3) is 0.227. The van der Waals surface area contributed by atoms with Gasteiger partial charge < -0.3 is 9.84 Å². The van der Waals surface area contributed by atoms with E-state index >= 15 is 0 Å². The van der Waals surface area contributed by atoms with E-state index in [1.165, 1.54) is 6.92 Å². The third-order valence-electron chi connectivity index (χ3n) is 4.03. The lowest BCUT2D eigenvalue weighted by Crippen LogP contribution is -2.49. The number of Topliss-reactive ketones (excluding diaryl/α,β-unsaturated/α-hetero) is 1. The smallest absolute Gasteiger partial charge is 0.205 e. The van der Waals surface area contributed by atoms with Crippen LogP contribution in [0.2, 0.25) is 0 Å². The molecule has 3 rings (SSSR count). The maximum absolute atomic E-state index is 12.5. The Bertz CT molecular complexity index is 849. The Kier molecular flexibility index (Phi) is 5.35. The molecule has 1 atom stereocenters. The van der Waals surface area contributed by atoms with Crippen molar-refractivity contribution in [1.29, 1.82) is 0 Å².